The van der Waals surface area contributed by atoms with E-state index in [1.54, 1.807) is 25.3 Å². The van der Waals surface area contributed by atoms with E-state index >= 15 is 0 Å². The Morgan fingerprint density at radius 2 is 1.93 bits per heavy atom. The number of hydrogen-bond donors (Lipinski definition) is 1. The topological polar surface area (TPSA) is 75.7 Å². The molecule has 0 saturated heterocycles. The van der Waals surface area contributed by atoms with Crippen LogP contribution in [0.5, 0.6) is 5.75 Å². The van der Waals surface area contributed by atoms with Crippen LogP contribution in [-0.4, -0.2) is 40.3 Å². The summed E-state index contributed by atoms with van der Waals surface area (Å²) in [5.41, 5.74) is 3.21. The zero-order valence-electron chi connectivity index (χ0n) is 15.7. The first-order valence-electron chi connectivity index (χ1n) is 8.83. The van der Waals surface area contributed by atoms with Crippen molar-refractivity contribution in [3.63, 3.8) is 0 Å². The maximum atomic E-state index is 12.4. The van der Waals surface area contributed by atoms with Gasteiger partial charge in [0.15, 0.2) is 0 Å². The number of nitrogens with one attached hydrogen (secondary N) is 1. The third-order valence-electron chi connectivity index (χ3n) is 4.71. The monoisotopic (exact) mass is 388 g/mol. The molecular formula is C20H24N2O4S. The van der Waals surface area contributed by atoms with Crippen molar-refractivity contribution in [1.82, 2.24) is 5.32 Å². The van der Waals surface area contributed by atoms with Gasteiger partial charge in [-0.1, -0.05) is 12.1 Å². The van der Waals surface area contributed by atoms with E-state index in [4.69, 9.17) is 4.74 Å². The molecule has 1 amide bonds. The molecule has 1 atom stereocenters. The van der Waals surface area contributed by atoms with Crippen LogP contribution in [0.15, 0.2) is 42.5 Å². The number of amides is 1. The lowest BCUT2D eigenvalue weighted by Crippen LogP contribution is -2.34. The molecule has 0 spiro atoms. The third kappa shape index (κ3) is 4.24. The molecular weight excluding hydrogens is 364 g/mol. The van der Waals surface area contributed by atoms with E-state index in [2.05, 4.69) is 5.32 Å². The van der Waals surface area contributed by atoms with Gasteiger partial charge in [-0.3, -0.25) is 9.10 Å². The van der Waals surface area contributed by atoms with Crippen molar-refractivity contribution in [3.05, 3.63) is 59.2 Å². The predicted octanol–water partition coefficient (Wildman–Crippen LogP) is 2.38. The number of methoxy groups -OCH3 is 1. The lowest BCUT2D eigenvalue weighted by atomic mass is 10.1. The molecule has 144 valence electrons. The van der Waals surface area contributed by atoms with Crippen LogP contribution in [-0.2, 0) is 22.9 Å². The summed E-state index contributed by atoms with van der Waals surface area (Å²) in [7, 11) is -1.70. The van der Waals surface area contributed by atoms with E-state index in [1.165, 1.54) is 10.6 Å². The Morgan fingerprint density at radius 1 is 1.22 bits per heavy atom. The number of rotatable bonds is 6. The van der Waals surface area contributed by atoms with Gasteiger partial charge in [-0.05, 0) is 61.2 Å². The number of carbonyl (C=O) groups is 1. The van der Waals surface area contributed by atoms with Crippen LogP contribution >= 0.6 is 0 Å². The predicted molar refractivity (Wildman–Crippen MR) is 106 cm³/mol. The Bertz CT molecular complexity index is 939. The molecule has 0 bridgehead atoms. The molecule has 1 heterocycles. The van der Waals surface area contributed by atoms with Gasteiger partial charge in [0.1, 0.15) is 5.75 Å². The molecule has 0 fully saturated rings. The first-order valence-corrected chi connectivity index (χ1v) is 10.7. The zero-order valence-corrected chi connectivity index (χ0v) is 16.5. The largest absolute Gasteiger partial charge is 0.497 e. The zero-order chi connectivity index (χ0) is 19.6. The quantitative estimate of drug-likeness (QED) is 0.824. The van der Waals surface area contributed by atoms with Gasteiger partial charge in [0, 0.05) is 18.2 Å². The number of nitrogens with zero attached hydrogens (tertiary/aromatic N) is 1. The first-order chi connectivity index (χ1) is 12.8. The van der Waals surface area contributed by atoms with Crippen LogP contribution in [0.3, 0.4) is 0 Å². The fourth-order valence-corrected chi connectivity index (χ4v) is 4.73. The molecule has 0 radical (unpaired) electrons. The molecule has 0 aromatic heterocycles. The van der Waals surface area contributed by atoms with Crippen molar-refractivity contribution in [2.75, 3.05) is 24.2 Å². The number of hydrogen-bond acceptors (Lipinski definition) is 4. The lowest BCUT2D eigenvalue weighted by Gasteiger charge is -2.21. The summed E-state index contributed by atoms with van der Waals surface area (Å²) < 4.78 is 30.5. The molecule has 0 saturated carbocycles. The average molecular weight is 388 g/mol. The van der Waals surface area contributed by atoms with Gasteiger partial charge < -0.3 is 10.1 Å². The molecule has 6 nitrogen and oxygen atoms in total. The van der Waals surface area contributed by atoms with Crippen LogP contribution in [0, 0.1) is 0 Å². The minimum absolute atomic E-state index is 0.136. The number of anilines is 1. The summed E-state index contributed by atoms with van der Waals surface area (Å²) in [6, 6.07) is 12.8. The van der Waals surface area contributed by atoms with Gasteiger partial charge in [-0.2, -0.15) is 0 Å². The van der Waals surface area contributed by atoms with Crippen molar-refractivity contribution in [3.8, 4) is 5.75 Å². The highest BCUT2D eigenvalue weighted by atomic mass is 32.2. The summed E-state index contributed by atoms with van der Waals surface area (Å²) in [5, 5.41) is 2.92. The van der Waals surface area contributed by atoms with Crippen molar-refractivity contribution in [1.29, 1.82) is 0 Å². The Labute approximate surface area is 160 Å². The van der Waals surface area contributed by atoms with Crippen molar-refractivity contribution in [2.45, 2.75) is 25.8 Å². The molecule has 2 aromatic rings. The maximum Gasteiger partial charge on any atom is 0.251 e. The fraction of sp³-hybridized carbons (Fsp3) is 0.350. The number of carbonyl (C=O) groups excluding carboxylic acids is 1. The molecule has 0 aliphatic carbocycles. The number of fused-ring (bicyclic) bond motifs is 1. The summed E-state index contributed by atoms with van der Waals surface area (Å²) >= 11 is 0. The normalized spacial score (nSPS) is 16.1. The van der Waals surface area contributed by atoms with E-state index in [9.17, 15) is 13.2 Å². The summed E-state index contributed by atoms with van der Waals surface area (Å²) in [4.78, 5) is 12.4. The molecule has 0 unspecified atom stereocenters. The first kappa shape index (κ1) is 19.2. The summed E-state index contributed by atoms with van der Waals surface area (Å²) in [6.07, 6.45) is 2.54. The van der Waals surface area contributed by atoms with E-state index < -0.39 is 10.0 Å². The lowest BCUT2D eigenvalue weighted by molar-refractivity contribution is 0.0954. The number of benzene rings is 2. The van der Waals surface area contributed by atoms with Crippen LogP contribution in [0.4, 0.5) is 5.69 Å². The Hall–Kier alpha value is -2.54. The van der Waals surface area contributed by atoms with E-state index in [1.807, 2.05) is 31.2 Å². The minimum atomic E-state index is -3.32. The molecule has 1 N–H and O–H groups in total. The van der Waals surface area contributed by atoms with Gasteiger partial charge in [0.25, 0.3) is 5.91 Å². The van der Waals surface area contributed by atoms with E-state index in [-0.39, 0.29) is 11.9 Å². The van der Waals surface area contributed by atoms with E-state index in [0.717, 1.165) is 23.3 Å². The Morgan fingerprint density at radius 3 is 2.56 bits per heavy atom. The second kappa shape index (κ2) is 7.60. The van der Waals surface area contributed by atoms with Crippen molar-refractivity contribution < 1.29 is 17.9 Å². The second-order valence-electron chi connectivity index (χ2n) is 6.81. The van der Waals surface area contributed by atoms with Gasteiger partial charge >= 0.3 is 0 Å². The highest BCUT2D eigenvalue weighted by Crippen LogP contribution is 2.34. The minimum Gasteiger partial charge on any atom is -0.497 e. The Balaban J connectivity index is 1.63. The Kier molecular flexibility index (Phi) is 5.41. The molecule has 1 aliphatic rings. The van der Waals surface area contributed by atoms with Crippen LogP contribution in [0.1, 0.15) is 28.4 Å². The SMILES string of the molecule is COc1ccc(CCNC(=O)c2ccc3c(c2)C[C@@H](C)N3S(C)(=O)=O)cc1. The van der Waals surface area contributed by atoms with Crippen LogP contribution in [0.25, 0.3) is 0 Å². The van der Waals surface area contributed by atoms with Gasteiger partial charge in [0.05, 0.1) is 19.1 Å². The fourth-order valence-electron chi connectivity index (χ4n) is 3.46. The highest BCUT2D eigenvalue weighted by molar-refractivity contribution is 7.92. The summed E-state index contributed by atoms with van der Waals surface area (Å²) in [5.74, 6) is 0.648. The highest BCUT2D eigenvalue weighted by Gasteiger charge is 2.32. The number of sulfonamides is 1. The van der Waals surface area contributed by atoms with Crippen LogP contribution in [0.2, 0.25) is 0 Å². The molecule has 3 rings (SSSR count). The summed E-state index contributed by atoms with van der Waals surface area (Å²) in [6.45, 7) is 2.39. The number of ether oxygens (including phenoxy) is 1. The standard InChI is InChI=1S/C20H24N2O4S/c1-14-12-17-13-16(6-9-19(17)22(14)27(3,24)25)20(23)21-11-10-15-4-7-18(26-2)8-5-15/h4-9,13-14H,10-12H2,1-3H3,(H,21,23)/t14-/m1/s1. The third-order valence-corrected chi connectivity index (χ3v) is 5.98. The smallest absolute Gasteiger partial charge is 0.251 e. The van der Waals surface area contributed by atoms with Crippen molar-refractivity contribution >= 4 is 21.6 Å². The van der Waals surface area contributed by atoms with Gasteiger partial charge in [0.2, 0.25) is 10.0 Å². The van der Waals surface area contributed by atoms with Crippen LogP contribution < -0.4 is 14.4 Å². The molecule has 7 heteroatoms. The van der Waals surface area contributed by atoms with Gasteiger partial charge in [-0.15, -0.1) is 0 Å². The molecule has 2 aromatic carbocycles. The van der Waals surface area contributed by atoms with E-state index in [0.29, 0.717) is 24.2 Å². The molecule has 27 heavy (non-hydrogen) atoms. The average Bonchev–Trinajstić information content (AvgIpc) is 2.97. The van der Waals surface area contributed by atoms with Gasteiger partial charge in [-0.25, -0.2) is 8.42 Å². The maximum absolute atomic E-state index is 12.4. The molecule has 1 aliphatic heterocycles. The van der Waals surface area contributed by atoms with Crippen molar-refractivity contribution in [2.24, 2.45) is 0 Å². The second-order valence-corrected chi connectivity index (χ2v) is 8.67.